The van der Waals surface area contributed by atoms with Crippen LogP contribution in [0.15, 0.2) is 0 Å². The molecule has 0 radical (unpaired) electrons. The average Bonchev–Trinajstić information content (AvgIpc) is 2.17. The van der Waals surface area contributed by atoms with Gasteiger partial charge >= 0.3 is 0 Å². The lowest BCUT2D eigenvalue weighted by molar-refractivity contribution is 0.152. The van der Waals surface area contributed by atoms with Gasteiger partial charge in [-0.1, -0.05) is 13.8 Å². The minimum atomic E-state index is 0.882. The van der Waals surface area contributed by atoms with E-state index < -0.39 is 0 Å². The number of hydrogen-bond acceptors (Lipinski definition) is 1. The van der Waals surface area contributed by atoms with Crippen LogP contribution in [0, 0.1) is 17.8 Å². The summed E-state index contributed by atoms with van der Waals surface area (Å²) in [7, 11) is 0. The molecule has 1 nitrogen and oxygen atoms in total. The Hall–Kier alpha value is -0.0400. The summed E-state index contributed by atoms with van der Waals surface area (Å²) >= 11 is 0. The van der Waals surface area contributed by atoms with Crippen molar-refractivity contribution in [1.29, 1.82) is 0 Å². The van der Waals surface area contributed by atoms with Gasteiger partial charge in [-0.05, 0) is 62.8 Å². The lowest BCUT2D eigenvalue weighted by Crippen LogP contribution is -2.44. The van der Waals surface area contributed by atoms with Crippen molar-refractivity contribution in [3.63, 3.8) is 0 Å². The Morgan fingerprint density at radius 1 is 1.21 bits per heavy atom. The van der Waals surface area contributed by atoms with E-state index in [1.807, 2.05) is 0 Å². The second kappa shape index (κ2) is 4.65. The van der Waals surface area contributed by atoms with Crippen LogP contribution in [0.3, 0.4) is 0 Å². The first kappa shape index (κ1) is 10.5. The maximum Gasteiger partial charge on any atom is 0.00955 e. The van der Waals surface area contributed by atoms with Gasteiger partial charge in [0.15, 0.2) is 0 Å². The maximum atomic E-state index is 3.69. The first-order valence-electron chi connectivity index (χ1n) is 6.49. The van der Waals surface area contributed by atoms with Crippen LogP contribution in [0.25, 0.3) is 0 Å². The Morgan fingerprint density at radius 2 is 2.07 bits per heavy atom. The largest absolute Gasteiger partial charge is 0.314 e. The van der Waals surface area contributed by atoms with Gasteiger partial charge in [-0.25, -0.2) is 0 Å². The zero-order valence-electron chi connectivity index (χ0n) is 9.76. The van der Waals surface area contributed by atoms with Crippen LogP contribution in [0.2, 0.25) is 0 Å². The Bertz CT molecular complexity index is 176. The summed E-state index contributed by atoms with van der Waals surface area (Å²) in [6.45, 7) is 6.01. The molecular weight excluding hydrogens is 170 g/mol. The summed E-state index contributed by atoms with van der Waals surface area (Å²) in [6, 6.07) is 0.882. The highest BCUT2D eigenvalue weighted by Crippen LogP contribution is 2.36. The highest BCUT2D eigenvalue weighted by Gasteiger charge is 2.31. The molecular formula is C13H25N. The summed E-state index contributed by atoms with van der Waals surface area (Å²) in [4.78, 5) is 0. The lowest BCUT2D eigenvalue weighted by atomic mass is 9.72. The molecule has 0 amide bonds. The minimum Gasteiger partial charge on any atom is -0.314 e. The van der Waals surface area contributed by atoms with Gasteiger partial charge in [0.05, 0.1) is 0 Å². The fourth-order valence-electron chi connectivity index (χ4n) is 3.48. The van der Waals surface area contributed by atoms with Crippen molar-refractivity contribution < 1.29 is 0 Å². The SMILES string of the molecule is CC(C)CC1CCC2NCCCC2C1. The summed E-state index contributed by atoms with van der Waals surface area (Å²) in [5.74, 6) is 2.95. The molecule has 82 valence electrons. The second-order valence-electron chi connectivity index (χ2n) is 5.77. The Labute approximate surface area is 88.7 Å². The molecule has 1 heterocycles. The van der Waals surface area contributed by atoms with E-state index in [1.165, 1.54) is 45.1 Å². The molecule has 1 saturated carbocycles. The highest BCUT2D eigenvalue weighted by molar-refractivity contribution is 4.87. The van der Waals surface area contributed by atoms with Crippen LogP contribution in [0.4, 0.5) is 0 Å². The topological polar surface area (TPSA) is 12.0 Å². The number of nitrogens with one attached hydrogen (secondary N) is 1. The van der Waals surface area contributed by atoms with Crippen molar-refractivity contribution in [2.24, 2.45) is 17.8 Å². The van der Waals surface area contributed by atoms with Gasteiger partial charge in [0.25, 0.3) is 0 Å². The summed E-state index contributed by atoms with van der Waals surface area (Å²) in [5, 5.41) is 3.69. The third-order valence-corrected chi connectivity index (χ3v) is 4.05. The Kier molecular flexibility index (Phi) is 3.48. The standard InChI is InChI=1S/C13H25N/c1-10(2)8-11-5-6-13-12(9-11)4-3-7-14-13/h10-14H,3-9H2,1-2H3. The lowest BCUT2D eigenvalue weighted by Gasteiger charge is -2.40. The zero-order chi connectivity index (χ0) is 9.97. The van der Waals surface area contributed by atoms with E-state index >= 15 is 0 Å². The predicted molar refractivity (Wildman–Crippen MR) is 61.3 cm³/mol. The van der Waals surface area contributed by atoms with Gasteiger partial charge in [0.1, 0.15) is 0 Å². The van der Waals surface area contributed by atoms with E-state index in [-0.39, 0.29) is 0 Å². The molecule has 1 saturated heterocycles. The van der Waals surface area contributed by atoms with E-state index in [4.69, 9.17) is 0 Å². The van der Waals surface area contributed by atoms with Gasteiger partial charge in [0.2, 0.25) is 0 Å². The monoisotopic (exact) mass is 195 g/mol. The molecule has 14 heavy (non-hydrogen) atoms. The number of hydrogen-bond donors (Lipinski definition) is 1. The molecule has 0 aromatic rings. The Morgan fingerprint density at radius 3 is 2.86 bits per heavy atom. The average molecular weight is 195 g/mol. The quantitative estimate of drug-likeness (QED) is 0.713. The number of piperidine rings is 1. The minimum absolute atomic E-state index is 0.882. The first-order chi connectivity index (χ1) is 6.75. The molecule has 1 heteroatoms. The van der Waals surface area contributed by atoms with Gasteiger partial charge in [-0.15, -0.1) is 0 Å². The molecule has 0 spiro atoms. The smallest absolute Gasteiger partial charge is 0.00955 e. The van der Waals surface area contributed by atoms with Crippen molar-refractivity contribution >= 4 is 0 Å². The molecule has 3 unspecified atom stereocenters. The van der Waals surface area contributed by atoms with Gasteiger partial charge in [0, 0.05) is 6.04 Å². The highest BCUT2D eigenvalue weighted by atomic mass is 14.9. The third kappa shape index (κ3) is 2.50. The van der Waals surface area contributed by atoms with Crippen LogP contribution in [-0.2, 0) is 0 Å². The summed E-state index contributed by atoms with van der Waals surface area (Å²) < 4.78 is 0. The summed E-state index contributed by atoms with van der Waals surface area (Å²) in [6.07, 6.45) is 8.80. The van der Waals surface area contributed by atoms with E-state index in [1.54, 1.807) is 0 Å². The molecule has 2 aliphatic rings. The predicted octanol–water partition coefficient (Wildman–Crippen LogP) is 3.20. The Balaban J connectivity index is 1.83. The van der Waals surface area contributed by atoms with E-state index in [2.05, 4.69) is 19.2 Å². The third-order valence-electron chi connectivity index (χ3n) is 4.05. The van der Waals surface area contributed by atoms with Crippen molar-refractivity contribution in [3.05, 3.63) is 0 Å². The van der Waals surface area contributed by atoms with Crippen molar-refractivity contribution in [1.82, 2.24) is 5.32 Å². The molecule has 2 fully saturated rings. The molecule has 1 aliphatic heterocycles. The number of fused-ring (bicyclic) bond motifs is 1. The fraction of sp³-hybridized carbons (Fsp3) is 1.00. The second-order valence-corrected chi connectivity index (χ2v) is 5.77. The van der Waals surface area contributed by atoms with Gasteiger partial charge in [-0.3, -0.25) is 0 Å². The molecule has 1 N–H and O–H groups in total. The molecule has 3 atom stereocenters. The zero-order valence-corrected chi connectivity index (χ0v) is 9.76. The normalized spacial score (nSPS) is 38.4. The molecule has 0 aromatic heterocycles. The molecule has 0 aromatic carbocycles. The van der Waals surface area contributed by atoms with Crippen LogP contribution in [0.1, 0.15) is 52.4 Å². The van der Waals surface area contributed by atoms with Crippen molar-refractivity contribution in [3.8, 4) is 0 Å². The maximum absolute atomic E-state index is 3.69. The van der Waals surface area contributed by atoms with Crippen molar-refractivity contribution in [2.75, 3.05) is 6.54 Å². The van der Waals surface area contributed by atoms with Crippen LogP contribution < -0.4 is 5.32 Å². The molecule has 1 aliphatic carbocycles. The van der Waals surface area contributed by atoms with Crippen molar-refractivity contribution in [2.45, 2.75) is 58.4 Å². The summed E-state index contributed by atoms with van der Waals surface area (Å²) in [5.41, 5.74) is 0. The van der Waals surface area contributed by atoms with E-state index in [9.17, 15) is 0 Å². The molecule has 2 rings (SSSR count). The van der Waals surface area contributed by atoms with Gasteiger partial charge < -0.3 is 5.32 Å². The van der Waals surface area contributed by atoms with Crippen LogP contribution in [0.5, 0.6) is 0 Å². The van der Waals surface area contributed by atoms with Crippen LogP contribution >= 0.6 is 0 Å². The first-order valence-corrected chi connectivity index (χ1v) is 6.49. The number of rotatable bonds is 2. The van der Waals surface area contributed by atoms with E-state index in [0.29, 0.717) is 0 Å². The fourth-order valence-corrected chi connectivity index (χ4v) is 3.48. The van der Waals surface area contributed by atoms with Gasteiger partial charge in [-0.2, -0.15) is 0 Å². The van der Waals surface area contributed by atoms with Crippen LogP contribution in [-0.4, -0.2) is 12.6 Å². The molecule has 0 bridgehead atoms. The van der Waals surface area contributed by atoms with E-state index in [0.717, 1.165) is 23.8 Å².